The summed E-state index contributed by atoms with van der Waals surface area (Å²) in [6, 6.07) is 12.8. The molecule has 2 atom stereocenters. The highest BCUT2D eigenvalue weighted by Gasteiger charge is 2.32. The van der Waals surface area contributed by atoms with E-state index in [1.807, 2.05) is 13.8 Å². The van der Waals surface area contributed by atoms with E-state index in [9.17, 15) is 21.6 Å². The fourth-order valence-electron chi connectivity index (χ4n) is 3.73. The van der Waals surface area contributed by atoms with Gasteiger partial charge in [0.25, 0.3) is 15.9 Å². The number of nitrogens with zero attached hydrogens (tertiary/aromatic N) is 3. The van der Waals surface area contributed by atoms with Crippen LogP contribution in [0.5, 0.6) is 0 Å². The lowest BCUT2D eigenvalue weighted by Gasteiger charge is -2.34. The van der Waals surface area contributed by atoms with Crippen molar-refractivity contribution in [3.63, 3.8) is 0 Å². The van der Waals surface area contributed by atoms with Gasteiger partial charge in [0.05, 0.1) is 22.0 Å². The second kappa shape index (κ2) is 10.3. The lowest BCUT2D eigenvalue weighted by molar-refractivity contribution is -0.0440. The Bertz CT molecular complexity index is 1440. The second-order valence-electron chi connectivity index (χ2n) is 8.26. The predicted molar refractivity (Wildman–Crippen MR) is 132 cm³/mol. The zero-order valence-electron chi connectivity index (χ0n) is 19.5. The van der Waals surface area contributed by atoms with Crippen molar-refractivity contribution in [3.05, 3.63) is 72.6 Å². The molecule has 1 saturated heterocycles. The molecule has 13 heteroatoms. The molecule has 1 aliphatic heterocycles. The number of amides is 1. The van der Waals surface area contributed by atoms with E-state index < -0.39 is 26.0 Å². The Morgan fingerprint density at radius 2 is 1.56 bits per heavy atom. The highest BCUT2D eigenvalue weighted by atomic mass is 32.2. The summed E-state index contributed by atoms with van der Waals surface area (Å²) in [6.45, 7) is 4.07. The van der Waals surface area contributed by atoms with Gasteiger partial charge in [-0.25, -0.2) is 31.5 Å². The van der Waals surface area contributed by atoms with Crippen LogP contribution in [-0.4, -0.2) is 62.3 Å². The van der Waals surface area contributed by atoms with Crippen molar-refractivity contribution < 1.29 is 26.4 Å². The van der Waals surface area contributed by atoms with Gasteiger partial charge < -0.3 is 10.1 Å². The van der Waals surface area contributed by atoms with Gasteiger partial charge in [-0.3, -0.25) is 4.79 Å². The van der Waals surface area contributed by atoms with Gasteiger partial charge in [-0.1, -0.05) is 6.07 Å². The van der Waals surface area contributed by atoms with Crippen molar-refractivity contribution in [2.45, 2.75) is 35.8 Å². The molecule has 0 unspecified atom stereocenters. The topological polar surface area (TPSA) is 148 Å². The minimum atomic E-state index is -3.92. The molecule has 1 aliphatic rings. The standard InChI is InChI=1S/C23H25N5O6S2/c1-16-14-28(15-17(2)34-16)36(32,33)21-6-3-5-18(13-21)22(29)26-19-7-9-20(10-8-19)35(30,31)27-23-24-11-4-12-25-23/h3-13,16-17H,14-15H2,1-2H3,(H,26,29)(H,24,25,27)/t16-,17+. The van der Waals surface area contributed by atoms with Crippen molar-refractivity contribution >= 4 is 37.6 Å². The largest absolute Gasteiger partial charge is 0.373 e. The summed E-state index contributed by atoms with van der Waals surface area (Å²) in [6.07, 6.45) is 2.34. The number of benzene rings is 2. The van der Waals surface area contributed by atoms with E-state index in [4.69, 9.17) is 4.74 Å². The maximum Gasteiger partial charge on any atom is 0.264 e. The molecular formula is C23H25N5O6S2. The number of hydrogen-bond donors (Lipinski definition) is 2. The Morgan fingerprint density at radius 3 is 2.19 bits per heavy atom. The zero-order valence-corrected chi connectivity index (χ0v) is 21.2. The van der Waals surface area contributed by atoms with Crippen molar-refractivity contribution in [3.8, 4) is 0 Å². The first kappa shape index (κ1) is 25.7. The number of sulfonamides is 2. The van der Waals surface area contributed by atoms with E-state index in [0.29, 0.717) is 5.69 Å². The van der Waals surface area contributed by atoms with Gasteiger partial charge in [0.15, 0.2) is 0 Å². The Balaban J connectivity index is 1.47. The van der Waals surface area contributed by atoms with Gasteiger partial charge in [-0.15, -0.1) is 0 Å². The van der Waals surface area contributed by atoms with Crippen LogP contribution in [0.1, 0.15) is 24.2 Å². The van der Waals surface area contributed by atoms with Crippen molar-refractivity contribution in [2.75, 3.05) is 23.1 Å². The number of carbonyl (C=O) groups excluding carboxylic acids is 1. The molecule has 2 N–H and O–H groups in total. The predicted octanol–water partition coefficient (Wildman–Crippen LogP) is 2.33. The van der Waals surface area contributed by atoms with Crippen LogP contribution in [0.25, 0.3) is 0 Å². The van der Waals surface area contributed by atoms with Gasteiger partial charge in [0.1, 0.15) is 0 Å². The van der Waals surface area contributed by atoms with Gasteiger partial charge in [0, 0.05) is 36.7 Å². The Kier molecular flexibility index (Phi) is 7.36. The molecule has 4 rings (SSSR count). The van der Waals surface area contributed by atoms with Gasteiger partial charge in [-0.2, -0.15) is 4.31 Å². The van der Waals surface area contributed by atoms with Crippen LogP contribution >= 0.6 is 0 Å². The fourth-order valence-corrected chi connectivity index (χ4v) is 6.32. The summed E-state index contributed by atoms with van der Waals surface area (Å²) >= 11 is 0. The molecular weight excluding hydrogens is 506 g/mol. The summed E-state index contributed by atoms with van der Waals surface area (Å²) in [4.78, 5) is 20.4. The molecule has 36 heavy (non-hydrogen) atoms. The molecule has 190 valence electrons. The number of anilines is 2. The van der Waals surface area contributed by atoms with Crippen LogP contribution in [0.2, 0.25) is 0 Å². The van der Waals surface area contributed by atoms with Crippen molar-refractivity contribution in [1.29, 1.82) is 0 Å². The quantitative estimate of drug-likeness (QED) is 0.472. The number of hydrogen-bond acceptors (Lipinski definition) is 8. The van der Waals surface area contributed by atoms with Crippen LogP contribution < -0.4 is 10.0 Å². The summed E-state index contributed by atoms with van der Waals surface area (Å²) < 4.78 is 60.5. The third-order valence-electron chi connectivity index (χ3n) is 5.33. The number of ether oxygens (including phenoxy) is 1. The Morgan fingerprint density at radius 1 is 0.917 bits per heavy atom. The summed E-state index contributed by atoms with van der Waals surface area (Å²) in [7, 11) is -7.73. The van der Waals surface area contributed by atoms with Crippen LogP contribution in [0.3, 0.4) is 0 Å². The minimum Gasteiger partial charge on any atom is -0.373 e. The highest BCUT2D eigenvalue weighted by Crippen LogP contribution is 2.23. The van der Waals surface area contributed by atoms with Crippen LogP contribution in [0.15, 0.2) is 76.8 Å². The van der Waals surface area contributed by atoms with Crippen LogP contribution in [0, 0.1) is 0 Å². The van der Waals surface area contributed by atoms with Crippen LogP contribution in [0.4, 0.5) is 11.6 Å². The number of aromatic nitrogens is 2. The van der Waals surface area contributed by atoms with Gasteiger partial charge >= 0.3 is 0 Å². The number of nitrogens with one attached hydrogen (secondary N) is 2. The Labute approximate surface area is 209 Å². The molecule has 2 heterocycles. The third kappa shape index (κ3) is 5.87. The maximum atomic E-state index is 13.1. The maximum absolute atomic E-state index is 13.1. The van der Waals surface area contributed by atoms with E-state index in [1.54, 1.807) is 6.07 Å². The molecule has 1 aromatic heterocycles. The lowest BCUT2D eigenvalue weighted by atomic mass is 10.2. The molecule has 2 aromatic carbocycles. The average molecular weight is 532 g/mol. The van der Waals surface area contributed by atoms with Crippen molar-refractivity contribution in [2.24, 2.45) is 0 Å². The van der Waals surface area contributed by atoms with Crippen molar-refractivity contribution in [1.82, 2.24) is 14.3 Å². The molecule has 0 aliphatic carbocycles. The average Bonchev–Trinajstić information content (AvgIpc) is 2.84. The molecule has 0 saturated carbocycles. The van der Waals surface area contributed by atoms with E-state index >= 15 is 0 Å². The van der Waals surface area contributed by atoms with Crippen LogP contribution in [-0.2, 0) is 24.8 Å². The smallest absolute Gasteiger partial charge is 0.264 e. The summed E-state index contributed by atoms with van der Waals surface area (Å²) in [5.74, 6) is -0.604. The zero-order chi connectivity index (χ0) is 25.9. The van der Waals surface area contributed by atoms with E-state index in [0.717, 1.165) is 0 Å². The molecule has 0 spiro atoms. The normalized spacial score (nSPS) is 18.9. The lowest BCUT2D eigenvalue weighted by Crippen LogP contribution is -2.48. The molecule has 0 bridgehead atoms. The molecule has 3 aromatic rings. The monoisotopic (exact) mass is 531 g/mol. The molecule has 1 fully saturated rings. The summed E-state index contributed by atoms with van der Waals surface area (Å²) in [5.41, 5.74) is 0.476. The molecule has 0 radical (unpaired) electrons. The summed E-state index contributed by atoms with van der Waals surface area (Å²) in [5, 5.41) is 2.65. The number of morpholine rings is 1. The van der Waals surface area contributed by atoms with E-state index in [1.165, 1.54) is 65.2 Å². The Hall–Kier alpha value is -3.39. The first-order valence-electron chi connectivity index (χ1n) is 11.0. The van der Waals surface area contributed by atoms with Gasteiger partial charge in [-0.05, 0) is 62.4 Å². The highest BCUT2D eigenvalue weighted by molar-refractivity contribution is 7.92. The second-order valence-corrected chi connectivity index (χ2v) is 11.9. The molecule has 11 nitrogen and oxygen atoms in total. The third-order valence-corrected chi connectivity index (χ3v) is 8.51. The fraction of sp³-hybridized carbons (Fsp3) is 0.261. The first-order valence-corrected chi connectivity index (χ1v) is 13.9. The first-order chi connectivity index (χ1) is 17.0. The SMILES string of the molecule is C[C@@H]1CN(S(=O)(=O)c2cccc(C(=O)Nc3ccc(S(=O)(=O)Nc4ncccn4)cc3)c2)C[C@H](C)O1. The number of rotatable bonds is 7. The minimum absolute atomic E-state index is 0.00657. The van der Waals surface area contributed by atoms with E-state index in [-0.39, 0.29) is 46.6 Å². The van der Waals surface area contributed by atoms with E-state index in [2.05, 4.69) is 20.0 Å². The molecule has 1 amide bonds. The number of carbonyl (C=O) groups is 1. The van der Waals surface area contributed by atoms with Gasteiger partial charge in [0.2, 0.25) is 16.0 Å².